The molecule has 17 heavy (non-hydrogen) atoms. The third-order valence-corrected chi connectivity index (χ3v) is 15.9. The van der Waals surface area contributed by atoms with Gasteiger partial charge in [0.1, 0.15) is 0 Å². The summed E-state index contributed by atoms with van der Waals surface area (Å²) in [5.41, 5.74) is 0.847. The Hall–Kier alpha value is -0.312. The second kappa shape index (κ2) is 6.58. The minimum atomic E-state index is -0.917. The zero-order valence-corrected chi connectivity index (χ0v) is 12.9. The molecule has 2 rings (SSSR count). The summed E-state index contributed by atoms with van der Waals surface area (Å²) in [4.78, 5) is 11.1. The average Bonchev–Trinajstić information content (AvgIpc) is 2.40. The Morgan fingerprint density at radius 2 is 1.94 bits per heavy atom. The van der Waals surface area contributed by atoms with Crippen LogP contribution in [-0.4, -0.2) is 29.8 Å². The molecule has 1 N–H and O–H groups in total. The second-order valence-corrected chi connectivity index (χ2v) is 15.3. The molecule has 2 nitrogen and oxygen atoms in total. The van der Waals surface area contributed by atoms with Gasteiger partial charge in [0.05, 0.1) is 0 Å². The van der Waals surface area contributed by atoms with E-state index in [9.17, 15) is 4.79 Å². The van der Waals surface area contributed by atoms with Gasteiger partial charge < -0.3 is 0 Å². The Kier molecular flexibility index (Phi) is 5.08. The van der Waals surface area contributed by atoms with E-state index in [0.29, 0.717) is 0 Å². The first-order valence-corrected chi connectivity index (χ1v) is 12.8. The van der Waals surface area contributed by atoms with Gasteiger partial charge in [0.2, 0.25) is 0 Å². The predicted octanol–water partition coefficient (Wildman–Crippen LogP) is 2.38. The molecule has 0 bridgehead atoms. The van der Waals surface area contributed by atoms with Crippen LogP contribution in [0.25, 0.3) is 0 Å². The number of benzene rings is 1. The van der Waals surface area contributed by atoms with E-state index in [2.05, 4.69) is 44.1 Å². The number of anilines is 1. The van der Waals surface area contributed by atoms with E-state index in [4.69, 9.17) is 0 Å². The van der Waals surface area contributed by atoms with E-state index in [1.807, 2.05) is 12.1 Å². The molecule has 1 saturated heterocycles. The Bertz CT molecular complexity index is 401. The van der Waals surface area contributed by atoms with Crippen LogP contribution in [-0.2, 0) is 4.79 Å². The summed E-state index contributed by atoms with van der Waals surface area (Å²) < 4.78 is 1.48. The van der Waals surface area contributed by atoms with Gasteiger partial charge in [-0.15, -0.1) is 0 Å². The first-order chi connectivity index (χ1) is 8.29. The summed E-state index contributed by atoms with van der Waals surface area (Å²) in [7, 11) is 4.29. The number of hydrogen-bond donors (Lipinski definition) is 1. The quantitative estimate of drug-likeness (QED) is 0.683. The van der Waals surface area contributed by atoms with Gasteiger partial charge in [-0.1, -0.05) is 0 Å². The molecule has 1 aromatic carbocycles. The van der Waals surface area contributed by atoms with Crippen LogP contribution in [0.1, 0.15) is 6.42 Å². The zero-order valence-electron chi connectivity index (χ0n) is 9.39. The second-order valence-electron chi connectivity index (χ2n) is 3.52. The van der Waals surface area contributed by atoms with Gasteiger partial charge in [-0.3, -0.25) is 0 Å². The zero-order chi connectivity index (χ0) is 12.1. The van der Waals surface area contributed by atoms with E-state index in [-0.39, 0.29) is 5.91 Å². The van der Waals surface area contributed by atoms with Crippen molar-refractivity contribution in [3.8, 4) is 0 Å². The molecule has 0 spiro atoms. The van der Waals surface area contributed by atoms with Crippen LogP contribution in [0.5, 0.6) is 0 Å². The molecule has 1 aliphatic rings. The minimum absolute atomic E-state index is 0.156. The van der Waals surface area contributed by atoms with Crippen LogP contribution in [0.2, 0.25) is 0 Å². The van der Waals surface area contributed by atoms with Gasteiger partial charge in [-0.2, -0.15) is 0 Å². The fourth-order valence-corrected chi connectivity index (χ4v) is 14.5. The molecule has 0 atom stereocenters. The van der Waals surface area contributed by atoms with Crippen molar-refractivity contribution in [2.75, 3.05) is 16.8 Å². The molecule has 1 amide bonds. The molecule has 1 aliphatic heterocycles. The van der Waals surface area contributed by atoms with Crippen molar-refractivity contribution in [2.24, 2.45) is 0 Å². The molecule has 90 valence electrons. The summed E-state index contributed by atoms with van der Waals surface area (Å²) in [5, 5.41) is 2.77. The van der Waals surface area contributed by atoms with Crippen LogP contribution < -0.4 is 9.67 Å². The van der Waals surface area contributed by atoms with E-state index in [1.54, 1.807) is 0 Å². The third kappa shape index (κ3) is 3.83. The van der Waals surface area contributed by atoms with Gasteiger partial charge in [0.25, 0.3) is 0 Å². The van der Waals surface area contributed by atoms with E-state index < -0.39 is 12.3 Å². The standard InChI is InChI=1S/C12H14AsNOS2/c1-2-12(15)14-11-6-4-10(5-7-11)13-16-8-3-9-17-13/h2,4-7H,1,3,8-9H2,(H,14,15). The SMILES string of the molecule is C=CC(=O)Nc1ccc([As]2SCCCS2)cc1. The number of nitrogens with one attached hydrogen (secondary N) is 1. The van der Waals surface area contributed by atoms with Crippen LogP contribution in [0.3, 0.4) is 0 Å². The van der Waals surface area contributed by atoms with E-state index in [0.717, 1.165) is 5.69 Å². The Labute approximate surface area is 113 Å². The van der Waals surface area contributed by atoms with Gasteiger partial charge >= 0.3 is 113 Å². The summed E-state index contributed by atoms with van der Waals surface area (Å²) in [5.74, 6) is 2.46. The van der Waals surface area contributed by atoms with Gasteiger partial charge in [-0.25, -0.2) is 0 Å². The maximum atomic E-state index is 11.1. The number of hydrogen-bond acceptors (Lipinski definition) is 3. The van der Waals surface area contributed by atoms with Crippen molar-refractivity contribution >= 4 is 48.3 Å². The molecular weight excluding hydrogens is 313 g/mol. The molecule has 0 aliphatic carbocycles. The summed E-state index contributed by atoms with van der Waals surface area (Å²) in [6, 6.07) is 8.29. The van der Waals surface area contributed by atoms with Crippen molar-refractivity contribution in [1.82, 2.24) is 0 Å². The molecule has 0 radical (unpaired) electrons. The van der Waals surface area contributed by atoms with Crippen molar-refractivity contribution in [3.63, 3.8) is 0 Å². The molecule has 1 fully saturated rings. The van der Waals surface area contributed by atoms with Crippen molar-refractivity contribution in [2.45, 2.75) is 6.42 Å². The van der Waals surface area contributed by atoms with E-state index in [1.165, 1.54) is 28.4 Å². The van der Waals surface area contributed by atoms with Crippen LogP contribution >= 0.6 is 20.0 Å². The van der Waals surface area contributed by atoms with Crippen LogP contribution in [0.15, 0.2) is 36.9 Å². The van der Waals surface area contributed by atoms with Crippen LogP contribution in [0, 0.1) is 0 Å². The summed E-state index contributed by atoms with van der Waals surface area (Å²) >= 11 is -0.917. The van der Waals surface area contributed by atoms with Gasteiger partial charge in [0.15, 0.2) is 0 Å². The molecule has 0 saturated carbocycles. The topological polar surface area (TPSA) is 29.1 Å². The molecule has 0 unspecified atom stereocenters. The first kappa shape index (κ1) is 13.1. The fourth-order valence-electron chi connectivity index (χ4n) is 1.40. The number of amides is 1. The van der Waals surface area contributed by atoms with Crippen LogP contribution in [0.4, 0.5) is 5.69 Å². The van der Waals surface area contributed by atoms with Crippen molar-refractivity contribution in [3.05, 3.63) is 36.9 Å². The molecule has 0 aromatic heterocycles. The number of rotatable bonds is 3. The monoisotopic (exact) mass is 327 g/mol. The van der Waals surface area contributed by atoms with E-state index >= 15 is 0 Å². The Morgan fingerprint density at radius 1 is 1.29 bits per heavy atom. The predicted molar refractivity (Wildman–Crippen MR) is 80.2 cm³/mol. The van der Waals surface area contributed by atoms with Gasteiger partial charge in [-0.05, 0) is 0 Å². The maximum absolute atomic E-state index is 11.1. The van der Waals surface area contributed by atoms with Gasteiger partial charge in [0, 0.05) is 0 Å². The summed E-state index contributed by atoms with van der Waals surface area (Å²) in [6.45, 7) is 3.44. The number of carbonyl (C=O) groups is 1. The third-order valence-electron chi connectivity index (χ3n) is 2.24. The van der Waals surface area contributed by atoms with Crippen molar-refractivity contribution in [1.29, 1.82) is 0 Å². The Morgan fingerprint density at radius 3 is 2.53 bits per heavy atom. The molecular formula is C12H14AsNOS2. The Balaban J connectivity index is 2.01. The molecule has 1 aromatic rings. The normalized spacial score (nSPS) is 16.5. The first-order valence-electron chi connectivity index (χ1n) is 5.39. The number of carbonyl (C=O) groups excluding carboxylic acids is 1. The van der Waals surface area contributed by atoms with Crippen molar-refractivity contribution < 1.29 is 4.79 Å². The molecule has 5 heteroatoms. The summed E-state index contributed by atoms with van der Waals surface area (Å²) in [6.07, 6.45) is 2.63. The fraction of sp³-hybridized carbons (Fsp3) is 0.250. The average molecular weight is 327 g/mol. The molecule has 1 heterocycles.